The van der Waals surface area contributed by atoms with Crippen molar-refractivity contribution in [3.05, 3.63) is 81.3 Å². The number of fused-ring (bicyclic) bond motifs is 1. The molecule has 1 saturated heterocycles. The van der Waals surface area contributed by atoms with Crippen molar-refractivity contribution in [2.45, 2.75) is 29.9 Å². The molecule has 0 radical (unpaired) electrons. The number of carbonyl (C=O) groups is 1. The Morgan fingerprint density at radius 2 is 1.75 bits per heavy atom. The third kappa shape index (κ3) is 4.24. The van der Waals surface area contributed by atoms with E-state index >= 15 is 0 Å². The Kier molecular flexibility index (Phi) is 6.63. The number of thioether (sulfide) groups is 1. The fourth-order valence-corrected chi connectivity index (χ4v) is 7.29. The Morgan fingerprint density at radius 3 is 2.33 bits per heavy atom. The number of carbonyl (C=O) groups excluding carboxylic acids is 1. The molecule has 1 fully saturated rings. The van der Waals surface area contributed by atoms with Crippen LogP contribution >= 0.6 is 50.9 Å². The summed E-state index contributed by atoms with van der Waals surface area (Å²) in [4.78, 5) is 17.0. The molecule has 0 amide bonds. The molecule has 0 saturated carbocycles. The number of ketones is 1. The van der Waals surface area contributed by atoms with E-state index in [2.05, 4.69) is 28.0 Å². The van der Waals surface area contributed by atoms with Gasteiger partial charge in [0.25, 0.3) is 5.60 Å². The zero-order chi connectivity index (χ0) is 25.9. The molecule has 0 bridgehead atoms. The van der Waals surface area contributed by atoms with Crippen LogP contribution in [0, 0.1) is 5.41 Å². The van der Waals surface area contributed by atoms with E-state index in [0.717, 1.165) is 11.5 Å². The van der Waals surface area contributed by atoms with Crippen molar-refractivity contribution < 1.29 is 22.8 Å². The van der Waals surface area contributed by atoms with E-state index in [1.807, 2.05) is 11.8 Å². The van der Waals surface area contributed by atoms with Crippen LogP contribution in [-0.2, 0) is 10.4 Å². The quantitative estimate of drug-likeness (QED) is 0.213. The van der Waals surface area contributed by atoms with Gasteiger partial charge in [0.1, 0.15) is 10.5 Å². The third-order valence-electron chi connectivity index (χ3n) is 6.59. The summed E-state index contributed by atoms with van der Waals surface area (Å²) < 4.78 is 43.9. The zero-order valence-corrected chi connectivity index (χ0v) is 22.7. The number of hydrogen-bond donors (Lipinski definition) is 0. The van der Waals surface area contributed by atoms with Gasteiger partial charge in [-0.1, -0.05) is 87.6 Å². The number of hydrogen-bond acceptors (Lipinski definition) is 4. The van der Waals surface area contributed by atoms with Crippen molar-refractivity contribution in [1.82, 2.24) is 0 Å². The second-order valence-electron chi connectivity index (χ2n) is 9.43. The number of Topliss-reactive ketones (excluding diaryl/α,β-unsaturated/α-hetero) is 1. The van der Waals surface area contributed by atoms with Crippen LogP contribution in [0.1, 0.15) is 34.8 Å². The number of alkyl halides is 4. The Morgan fingerprint density at radius 1 is 1.11 bits per heavy atom. The van der Waals surface area contributed by atoms with Gasteiger partial charge in [0.15, 0.2) is 5.78 Å². The van der Waals surface area contributed by atoms with Crippen LogP contribution in [0.2, 0.25) is 10.0 Å². The highest BCUT2D eigenvalue weighted by Gasteiger charge is 2.67. The molecule has 2 heterocycles. The minimum Gasteiger partial charge on any atom is -0.373 e. The number of nitrogens with zero attached hydrogens (tertiary/aromatic N) is 1. The molecular formula is C26H19BrCl2F3NO2S. The van der Waals surface area contributed by atoms with Crippen LogP contribution in [-0.4, -0.2) is 34.0 Å². The molecule has 0 spiro atoms. The fourth-order valence-electron chi connectivity index (χ4n) is 4.72. The first-order valence-corrected chi connectivity index (χ1v) is 13.8. The van der Waals surface area contributed by atoms with Crippen LogP contribution in [0.4, 0.5) is 13.2 Å². The highest BCUT2D eigenvalue weighted by Crippen LogP contribution is 2.53. The van der Waals surface area contributed by atoms with Gasteiger partial charge in [-0.15, -0.1) is 0 Å². The first-order chi connectivity index (χ1) is 16.9. The molecule has 2 aliphatic heterocycles. The summed E-state index contributed by atoms with van der Waals surface area (Å²) in [5.41, 5.74) is -2.10. The first-order valence-electron chi connectivity index (χ1n) is 11.0. The molecule has 0 aromatic heterocycles. The normalized spacial score (nSPS) is 23.2. The topological polar surface area (TPSA) is 38.7 Å². The molecule has 3 aromatic rings. The monoisotopic (exact) mass is 615 g/mol. The largest absolute Gasteiger partial charge is 0.436 e. The van der Waals surface area contributed by atoms with Gasteiger partial charge in [-0.2, -0.15) is 24.9 Å². The minimum atomic E-state index is -4.86. The van der Waals surface area contributed by atoms with Crippen molar-refractivity contribution in [3.63, 3.8) is 0 Å². The molecule has 3 nitrogen and oxygen atoms in total. The van der Waals surface area contributed by atoms with Gasteiger partial charge in [-0.25, -0.2) is 0 Å². The lowest BCUT2D eigenvalue weighted by molar-refractivity contribution is -0.273. The smallest absolute Gasteiger partial charge is 0.373 e. The Bertz CT molecular complexity index is 1390. The number of halogens is 6. The van der Waals surface area contributed by atoms with Crippen LogP contribution < -0.4 is 0 Å². The van der Waals surface area contributed by atoms with E-state index in [-0.39, 0.29) is 32.5 Å². The summed E-state index contributed by atoms with van der Waals surface area (Å²) in [6, 6.07) is 14.2. The molecular weight excluding hydrogens is 598 g/mol. The maximum atomic E-state index is 14.6. The second-order valence-corrected chi connectivity index (χ2v) is 12.2. The molecule has 36 heavy (non-hydrogen) atoms. The lowest BCUT2D eigenvalue weighted by Gasteiger charge is -2.37. The third-order valence-corrected chi connectivity index (χ3v) is 9.90. The van der Waals surface area contributed by atoms with Gasteiger partial charge in [-0.05, 0) is 45.9 Å². The van der Waals surface area contributed by atoms with Crippen LogP contribution in [0.15, 0.2) is 59.8 Å². The molecule has 10 heteroatoms. The van der Waals surface area contributed by atoms with E-state index in [0.29, 0.717) is 28.3 Å². The Balaban J connectivity index is 1.59. The Labute approximate surface area is 228 Å². The molecule has 2 atom stereocenters. The van der Waals surface area contributed by atoms with Crippen molar-refractivity contribution >= 4 is 73.2 Å². The minimum absolute atomic E-state index is 0.0127. The van der Waals surface area contributed by atoms with Crippen molar-refractivity contribution in [2.24, 2.45) is 10.6 Å². The average Bonchev–Trinajstić information content (AvgIpc) is 3.14. The fraction of sp³-hybridized carbons (Fsp3) is 0.308. The van der Waals surface area contributed by atoms with E-state index in [9.17, 15) is 18.0 Å². The molecule has 188 valence electrons. The van der Waals surface area contributed by atoms with Gasteiger partial charge in [0.05, 0.1) is 0 Å². The maximum absolute atomic E-state index is 14.6. The van der Waals surface area contributed by atoms with Gasteiger partial charge in [0.2, 0.25) is 0 Å². The molecule has 2 aliphatic rings. The van der Waals surface area contributed by atoms with Gasteiger partial charge in [-0.3, -0.25) is 4.79 Å². The predicted octanol–water partition coefficient (Wildman–Crippen LogP) is 8.43. The molecule has 0 N–H and O–H groups in total. The van der Waals surface area contributed by atoms with Gasteiger partial charge >= 0.3 is 6.18 Å². The van der Waals surface area contributed by atoms with E-state index < -0.39 is 16.6 Å². The van der Waals surface area contributed by atoms with Crippen molar-refractivity contribution in [3.8, 4) is 0 Å². The van der Waals surface area contributed by atoms with Crippen molar-refractivity contribution in [1.29, 1.82) is 0 Å². The highest BCUT2D eigenvalue weighted by atomic mass is 79.9. The van der Waals surface area contributed by atoms with E-state index in [1.54, 1.807) is 36.4 Å². The summed E-state index contributed by atoms with van der Waals surface area (Å²) in [5.74, 6) is 1.88. The zero-order valence-electron chi connectivity index (χ0n) is 18.8. The summed E-state index contributed by atoms with van der Waals surface area (Å²) >= 11 is 17.1. The number of benzene rings is 3. The maximum Gasteiger partial charge on any atom is 0.436 e. The number of rotatable bonds is 5. The SMILES string of the molecule is CC1(CC(=O)c2ccc(C3=NOC(c4cc(Cl)cc(Cl)c4)(C(F)(F)F)C3Br)c3ccccc23)CSC1. The van der Waals surface area contributed by atoms with Gasteiger partial charge < -0.3 is 4.84 Å². The van der Waals surface area contributed by atoms with E-state index in [4.69, 9.17) is 28.0 Å². The summed E-state index contributed by atoms with van der Waals surface area (Å²) in [6.07, 6.45) is -4.44. The number of oxime groups is 1. The highest BCUT2D eigenvalue weighted by molar-refractivity contribution is 9.10. The Hall–Kier alpha value is -1.74. The van der Waals surface area contributed by atoms with Crippen LogP contribution in [0.3, 0.4) is 0 Å². The van der Waals surface area contributed by atoms with Gasteiger partial charge in [0, 0.05) is 33.2 Å². The summed E-state index contributed by atoms with van der Waals surface area (Å²) in [5, 5.41) is 5.29. The lowest BCUT2D eigenvalue weighted by atomic mass is 9.83. The first kappa shape index (κ1) is 25.9. The molecule has 2 unspecified atom stereocenters. The van der Waals surface area contributed by atoms with Crippen LogP contribution in [0.25, 0.3) is 10.8 Å². The molecule has 0 aliphatic carbocycles. The standard InChI is InChI=1S/C26H19BrCl2F3NO2S/c1-24(12-36-13-24)11-21(34)19-6-7-20(18-5-3-2-4-17(18)19)22-23(27)25(35-33-22,26(30,31)32)14-8-15(28)10-16(29)9-14/h2-10,23H,11-13H2,1H3. The van der Waals surface area contributed by atoms with E-state index in [1.165, 1.54) is 18.2 Å². The summed E-state index contributed by atoms with van der Waals surface area (Å²) in [6.45, 7) is 2.09. The second kappa shape index (κ2) is 9.22. The van der Waals surface area contributed by atoms with Crippen molar-refractivity contribution in [2.75, 3.05) is 11.5 Å². The molecule has 5 rings (SSSR count). The summed E-state index contributed by atoms with van der Waals surface area (Å²) in [7, 11) is 0. The predicted molar refractivity (Wildman–Crippen MR) is 143 cm³/mol. The lowest BCUT2D eigenvalue weighted by Crippen LogP contribution is -2.50. The van der Waals surface area contributed by atoms with Crippen LogP contribution in [0.5, 0.6) is 0 Å². The molecule has 3 aromatic carbocycles. The average molecular weight is 617 g/mol.